The first kappa shape index (κ1) is 25.0. The lowest BCUT2D eigenvalue weighted by atomic mass is 10.0. The van der Waals surface area contributed by atoms with Crippen LogP contribution >= 0.6 is 0 Å². The highest BCUT2D eigenvalue weighted by Gasteiger charge is 2.16. The summed E-state index contributed by atoms with van der Waals surface area (Å²) in [6.45, 7) is 4.38. The number of aromatic nitrogens is 1. The van der Waals surface area contributed by atoms with E-state index in [1.54, 1.807) is 0 Å². The van der Waals surface area contributed by atoms with Gasteiger partial charge < -0.3 is 8.98 Å². The van der Waals surface area contributed by atoms with E-state index in [1.165, 1.54) is 10.8 Å². The van der Waals surface area contributed by atoms with Gasteiger partial charge in [0.1, 0.15) is 11.2 Å². The molecule has 6 aromatic carbocycles. The molecule has 0 radical (unpaired) electrons. The van der Waals surface area contributed by atoms with Gasteiger partial charge >= 0.3 is 0 Å². The van der Waals surface area contributed by atoms with Crippen molar-refractivity contribution < 1.29 is 4.42 Å². The Morgan fingerprint density at radius 1 is 0.628 bits per heavy atom. The average Bonchev–Trinajstić information content (AvgIpc) is 3.61. The molecule has 0 bridgehead atoms. The Morgan fingerprint density at radius 3 is 2.26 bits per heavy atom. The minimum absolute atomic E-state index is 0.547. The van der Waals surface area contributed by atoms with Gasteiger partial charge in [-0.15, -0.1) is 0 Å². The van der Waals surface area contributed by atoms with Crippen LogP contribution in [-0.2, 0) is 6.54 Å². The quantitative estimate of drug-likeness (QED) is 0.154. The molecule has 4 heteroatoms. The number of aliphatic imine (C=N–C) groups is 2. The minimum atomic E-state index is 0.547. The lowest BCUT2D eigenvalue weighted by molar-refractivity contribution is 0.670. The summed E-state index contributed by atoms with van der Waals surface area (Å²) in [7, 11) is 0. The van der Waals surface area contributed by atoms with E-state index in [0.29, 0.717) is 12.4 Å². The number of furan rings is 1. The molecule has 0 atom stereocenters. The van der Waals surface area contributed by atoms with Crippen LogP contribution in [0.1, 0.15) is 11.1 Å². The van der Waals surface area contributed by atoms with Crippen molar-refractivity contribution in [1.29, 1.82) is 0 Å². The monoisotopic (exact) mass is 553 g/mol. The largest absolute Gasteiger partial charge is 0.455 e. The van der Waals surface area contributed by atoms with E-state index in [0.717, 1.165) is 60.9 Å². The summed E-state index contributed by atoms with van der Waals surface area (Å²) in [6, 6.07) is 48.5. The molecule has 8 rings (SSSR count). The van der Waals surface area contributed by atoms with Gasteiger partial charge in [0.2, 0.25) is 0 Å². The molecule has 2 heterocycles. The smallest absolute Gasteiger partial charge is 0.154 e. The van der Waals surface area contributed by atoms with Crippen LogP contribution < -0.4 is 0 Å². The number of nitrogens with zero attached hydrogens (tertiary/aromatic N) is 3. The Hall–Kier alpha value is -5.74. The summed E-state index contributed by atoms with van der Waals surface area (Å²) >= 11 is 0. The van der Waals surface area contributed by atoms with Gasteiger partial charge in [-0.05, 0) is 48.2 Å². The van der Waals surface area contributed by atoms with E-state index < -0.39 is 0 Å². The fourth-order valence-corrected chi connectivity index (χ4v) is 6.16. The van der Waals surface area contributed by atoms with Gasteiger partial charge in [-0.3, -0.25) is 4.99 Å². The van der Waals surface area contributed by atoms with Gasteiger partial charge in [0.25, 0.3) is 0 Å². The third kappa shape index (κ3) is 4.23. The van der Waals surface area contributed by atoms with Crippen molar-refractivity contribution in [2.24, 2.45) is 9.98 Å². The van der Waals surface area contributed by atoms with Crippen LogP contribution in [-0.4, -0.2) is 17.1 Å². The first-order valence-corrected chi connectivity index (χ1v) is 14.4. The average molecular weight is 554 g/mol. The summed E-state index contributed by atoms with van der Waals surface area (Å²) in [6.07, 6.45) is 0. The Balaban J connectivity index is 1.30. The Labute approximate surface area is 248 Å². The molecule has 4 nitrogen and oxygen atoms in total. The van der Waals surface area contributed by atoms with Gasteiger partial charge in [0, 0.05) is 38.4 Å². The highest BCUT2D eigenvalue weighted by molar-refractivity contribution is 6.13. The molecule has 0 unspecified atom stereocenters. The molecular formula is C39H27N3O. The fourth-order valence-electron chi connectivity index (χ4n) is 6.16. The number of benzene rings is 6. The van der Waals surface area contributed by atoms with E-state index >= 15 is 0 Å². The van der Waals surface area contributed by atoms with Crippen LogP contribution in [0.15, 0.2) is 154 Å². The molecule has 0 N–H and O–H groups in total. The van der Waals surface area contributed by atoms with Crippen molar-refractivity contribution in [3.05, 3.63) is 151 Å². The van der Waals surface area contributed by atoms with Crippen molar-refractivity contribution in [3.63, 3.8) is 0 Å². The number of hydrogen-bond donors (Lipinski definition) is 0. The Kier molecular flexibility index (Phi) is 5.97. The van der Waals surface area contributed by atoms with Crippen LogP contribution in [0.25, 0.3) is 60.6 Å². The van der Waals surface area contributed by atoms with Crippen molar-refractivity contribution in [1.82, 2.24) is 4.57 Å². The van der Waals surface area contributed by atoms with Crippen LogP contribution in [0, 0.1) is 0 Å². The van der Waals surface area contributed by atoms with E-state index in [9.17, 15) is 0 Å². The number of hydrogen-bond acceptors (Lipinski definition) is 2. The first-order chi connectivity index (χ1) is 21.3. The highest BCUT2D eigenvalue weighted by Crippen LogP contribution is 2.39. The summed E-state index contributed by atoms with van der Waals surface area (Å²) in [5, 5.41) is 4.66. The first-order valence-electron chi connectivity index (χ1n) is 14.4. The number of para-hydroxylation sites is 3. The number of rotatable bonds is 5. The zero-order valence-corrected chi connectivity index (χ0v) is 23.4. The number of fused-ring (bicyclic) bond motifs is 6. The van der Waals surface area contributed by atoms with Crippen LogP contribution in [0.4, 0.5) is 0 Å². The van der Waals surface area contributed by atoms with Crippen molar-refractivity contribution in [2.75, 3.05) is 0 Å². The molecule has 2 aromatic heterocycles. The second kappa shape index (κ2) is 10.3. The van der Waals surface area contributed by atoms with Gasteiger partial charge in [0.05, 0.1) is 17.6 Å². The summed E-state index contributed by atoms with van der Waals surface area (Å²) in [4.78, 5) is 9.10. The summed E-state index contributed by atoms with van der Waals surface area (Å²) in [5.41, 5.74) is 9.36. The third-order valence-electron chi connectivity index (χ3n) is 8.16. The molecule has 0 aliphatic heterocycles. The van der Waals surface area contributed by atoms with Crippen molar-refractivity contribution >= 4 is 56.3 Å². The molecule has 8 aromatic rings. The molecule has 0 fully saturated rings. The van der Waals surface area contributed by atoms with Crippen LogP contribution in [0.3, 0.4) is 0 Å². The van der Waals surface area contributed by atoms with E-state index in [1.807, 2.05) is 36.4 Å². The van der Waals surface area contributed by atoms with Gasteiger partial charge in [-0.1, -0.05) is 109 Å². The predicted molar refractivity (Wildman–Crippen MR) is 180 cm³/mol. The maximum absolute atomic E-state index is 6.40. The van der Waals surface area contributed by atoms with E-state index in [4.69, 9.17) is 9.41 Å². The van der Waals surface area contributed by atoms with Gasteiger partial charge in [-0.2, -0.15) is 0 Å². The zero-order chi connectivity index (χ0) is 28.8. The summed E-state index contributed by atoms with van der Waals surface area (Å²) in [5.74, 6) is 0.628. The Bertz CT molecular complexity index is 2340. The lowest BCUT2D eigenvalue weighted by Crippen LogP contribution is -2.01. The van der Waals surface area contributed by atoms with Crippen LogP contribution in [0.2, 0.25) is 0 Å². The predicted octanol–water partition coefficient (Wildman–Crippen LogP) is 10.00. The van der Waals surface area contributed by atoms with Gasteiger partial charge in [-0.25, -0.2) is 4.99 Å². The molecule has 0 saturated carbocycles. The second-order valence-electron chi connectivity index (χ2n) is 10.7. The lowest BCUT2D eigenvalue weighted by Gasteiger charge is -2.11. The number of amidine groups is 1. The van der Waals surface area contributed by atoms with E-state index in [2.05, 4.69) is 119 Å². The topological polar surface area (TPSA) is 42.8 Å². The van der Waals surface area contributed by atoms with Crippen molar-refractivity contribution in [3.8, 4) is 16.8 Å². The molecule has 0 saturated heterocycles. The molecule has 0 aliphatic rings. The summed E-state index contributed by atoms with van der Waals surface area (Å²) < 4.78 is 8.72. The van der Waals surface area contributed by atoms with Gasteiger partial charge in [0.15, 0.2) is 5.84 Å². The zero-order valence-electron chi connectivity index (χ0n) is 23.4. The third-order valence-corrected chi connectivity index (χ3v) is 8.16. The standard InChI is InChI=1S/C39H27N3O/c1-40-39(41-25-26-11-3-2-4-12-26)28-13-9-14-29(23-28)42-35-19-7-5-15-31(35)32-22-21-27(24-36(32)42)30-17-10-18-34-33-16-6-8-20-37(33)43-38(30)34/h2-24H,1,25H2/b41-39-. The normalized spacial score (nSPS) is 12.0. The minimum Gasteiger partial charge on any atom is -0.455 e. The highest BCUT2D eigenvalue weighted by atomic mass is 16.3. The second-order valence-corrected chi connectivity index (χ2v) is 10.7. The molecule has 0 spiro atoms. The maximum atomic E-state index is 6.40. The maximum Gasteiger partial charge on any atom is 0.154 e. The van der Waals surface area contributed by atoms with E-state index in [-0.39, 0.29) is 0 Å². The Morgan fingerprint density at radius 2 is 1.37 bits per heavy atom. The molecule has 0 amide bonds. The molecule has 0 aliphatic carbocycles. The van der Waals surface area contributed by atoms with Crippen molar-refractivity contribution in [2.45, 2.75) is 6.54 Å². The molecular weight excluding hydrogens is 526 g/mol. The fraction of sp³-hybridized carbons (Fsp3) is 0.0256. The molecule has 204 valence electrons. The molecule has 43 heavy (non-hydrogen) atoms. The van der Waals surface area contributed by atoms with Crippen LogP contribution in [0.5, 0.6) is 0 Å². The SMILES string of the molecule is C=N/C(=N\Cc1ccccc1)c1cccc(-n2c3ccccc3c3ccc(-c4cccc5c4oc4ccccc45)cc32)c1.